The molecule has 2 fully saturated rings. The predicted molar refractivity (Wildman–Crippen MR) is 110 cm³/mol. The van der Waals surface area contributed by atoms with Gasteiger partial charge < -0.3 is 10.6 Å². The van der Waals surface area contributed by atoms with Crippen LogP contribution in [0.15, 0.2) is 10.6 Å². The second kappa shape index (κ2) is 13.1. The zero-order valence-electron chi connectivity index (χ0n) is 17.2. The van der Waals surface area contributed by atoms with Crippen LogP contribution in [0.5, 0.6) is 0 Å². The van der Waals surface area contributed by atoms with Crippen molar-refractivity contribution in [3.05, 3.63) is 9.81 Å². The highest BCUT2D eigenvalue weighted by molar-refractivity contribution is 5.74. The summed E-state index contributed by atoms with van der Waals surface area (Å²) in [5, 5.41) is 13.2. The zero-order chi connectivity index (χ0) is 20.9. The Morgan fingerprint density at radius 1 is 0.655 bits per heavy atom. The summed E-state index contributed by atoms with van der Waals surface area (Å²) in [4.78, 5) is 46.3. The van der Waals surface area contributed by atoms with Gasteiger partial charge in [-0.2, -0.15) is 10.0 Å². The zero-order valence-corrected chi connectivity index (χ0v) is 17.2. The van der Waals surface area contributed by atoms with E-state index in [0.29, 0.717) is 19.3 Å². The first-order valence-corrected chi connectivity index (χ1v) is 11.0. The molecule has 0 aromatic heterocycles. The first kappa shape index (κ1) is 23.0. The number of carbonyl (C=O) groups excluding carboxylic acids is 2. The van der Waals surface area contributed by atoms with Gasteiger partial charge >= 0.3 is 12.1 Å². The van der Waals surface area contributed by atoms with Gasteiger partial charge in [0.1, 0.15) is 0 Å². The van der Waals surface area contributed by atoms with Crippen molar-refractivity contribution in [2.75, 3.05) is 13.1 Å². The standard InChI is InChI=1S/C19H34N6O4/c26-18(20-16-10-4-1-5-11-16)24(22-28)14-8-3-9-15-25(23-29)19(27)21-17-12-6-2-7-13-17/h16-17H,1-15H2,(H,20,26)(H,21,27). The topological polar surface area (TPSA) is 124 Å². The van der Waals surface area contributed by atoms with E-state index in [2.05, 4.69) is 21.2 Å². The maximum absolute atomic E-state index is 12.1. The molecule has 0 aromatic rings. The van der Waals surface area contributed by atoms with E-state index in [1.54, 1.807) is 0 Å². The van der Waals surface area contributed by atoms with Crippen molar-refractivity contribution < 1.29 is 9.59 Å². The van der Waals surface area contributed by atoms with Gasteiger partial charge in [-0.05, 0) is 44.9 Å². The van der Waals surface area contributed by atoms with Gasteiger partial charge in [-0.15, -0.1) is 9.81 Å². The number of nitroso groups, excluding NO2 is 2. The third kappa shape index (κ3) is 8.33. The largest absolute Gasteiger partial charge is 0.340 e. The maximum Gasteiger partial charge on any atom is 0.340 e. The number of nitrogens with one attached hydrogen (secondary N) is 2. The van der Waals surface area contributed by atoms with Crippen LogP contribution in [0.1, 0.15) is 83.5 Å². The quantitative estimate of drug-likeness (QED) is 0.318. The Bertz CT molecular complexity index is 489. The molecular weight excluding hydrogens is 376 g/mol. The van der Waals surface area contributed by atoms with Crippen molar-refractivity contribution >= 4 is 12.1 Å². The van der Waals surface area contributed by atoms with Crippen LogP contribution in [-0.2, 0) is 0 Å². The Morgan fingerprint density at radius 2 is 1.03 bits per heavy atom. The molecule has 4 amide bonds. The van der Waals surface area contributed by atoms with E-state index < -0.39 is 12.1 Å². The summed E-state index contributed by atoms with van der Waals surface area (Å²) in [7, 11) is 0. The van der Waals surface area contributed by atoms with Crippen molar-refractivity contribution in [3.63, 3.8) is 0 Å². The van der Waals surface area contributed by atoms with Crippen molar-refractivity contribution in [1.29, 1.82) is 0 Å². The molecule has 2 N–H and O–H groups in total. The minimum atomic E-state index is -0.449. The summed E-state index contributed by atoms with van der Waals surface area (Å²) in [6.45, 7) is 0.426. The third-order valence-corrected chi connectivity index (χ3v) is 5.77. The minimum Gasteiger partial charge on any atom is -0.334 e. The van der Waals surface area contributed by atoms with Crippen LogP contribution in [0.4, 0.5) is 9.59 Å². The molecule has 0 spiro atoms. The molecule has 0 bridgehead atoms. The van der Waals surface area contributed by atoms with Crippen LogP contribution in [0.3, 0.4) is 0 Å². The summed E-state index contributed by atoms with van der Waals surface area (Å²) in [6, 6.07) is -0.657. The van der Waals surface area contributed by atoms with Gasteiger partial charge in [0.25, 0.3) is 0 Å². The second-order valence-electron chi connectivity index (χ2n) is 8.04. The minimum absolute atomic E-state index is 0.121. The SMILES string of the molecule is O=NN(CCCCCN(N=O)C(=O)NC1CCCCC1)C(=O)NC1CCCCC1. The second-order valence-corrected chi connectivity index (χ2v) is 8.04. The Hall–Kier alpha value is -2.26. The van der Waals surface area contributed by atoms with Gasteiger partial charge in [0.05, 0.1) is 10.6 Å². The highest BCUT2D eigenvalue weighted by atomic mass is 16.3. The molecule has 29 heavy (non-hydrogen) atoms. The Labute approximate surface area is 172 Å². The molecule has 2 rings (SSSR count). The van der Waals surface area contributed by atoms with Gasteiger partial charge in [-0.3, -0.25) is 0 Å². The molecular formula is C19H34N6O4. The smallest absolute Gasteiger partial charge is 0.334 e. The van der Waals surface area contributed by atoms with Gasteiger partial charge in [0.15, 0.2) is 0 Å². The molecule has 0 radical (unpaired) electrons. The monoisotopic (exact) mass is 410 g/mol. The number of unbranched alkanes of at least 4 members (excludes halogenated alkanes) is 2. The van der Waals surface area contributed by atoms with Gasteiger partial charge in [0, 0.05) is 25.2 Å². The van der Waals surface area contributed by atoms with Crippen LogP contribution in [0, 0.1) is 9.81 Å². The van der Waals surface area contributed by atoms with Crippen LogP contribution in [0.2, 0.25) is 0 Å². The number of hydrogen-bond acceptors (Lipinski definition) is 6. The third-order valence-electron chi connectivity index (χ3n) is 5.77. The number of rotatable bonds is 10. The van der Waals surface area contributed by atoms with Gasteiger partial charge in [-0.1, -0.05) is 38.5 Å². The van der Waals surface area contributed by atoms with Crippen LogP contribution in [0.25, 0.3) is 0 Å². The Kier molecular flexibility index (Phi) is 10.4. The van der Waals surface area contributed by atoms with Crippen molar-refractivity contribution in [3.8, 4) is 0 Å². The van der Waals surface area contributed by atoms with E-state index >= 15 is 0 Å². The Morgan fingerprint density at radius 3 is 1.38 bits per heavy atom. The van der Waals surface area contributed by atoms with Crippen molar-refractivity contribution in [1.82, 2.24) is 20.7 Å². The lowest BCUT2D eigenvalue weighted by Crippen LogP contribution is -2.43. The first-order valence-electron chi connectivity index (χ1n) is 11.0. The van der Waals surface area contributed by atoms with Crippen LogP contribution < -0.4 is 10.6 Å². The average molecular weight is 411 g/mol. The molecule has 164 valence electrons. The predicted octanol–water partition coefficient (Wildman–Crippen LogP) is 4.21. The van der Waals surface area contributed by atoms with Crippen molar-refractivity contribution in [2.45, 2.75) is 95.6 Å². The van der Waals surface area contributed by atoms with E-state index in [1.807, 2.05) is 0 Å². The number of amides is 4. The Balaban J connectivity index is 1.61. The summed E-state index contributed by atoms with van der Waals surface area (Å²) in [5.41, 5.74) is 0. The molecule has 2 aliphatic carbocycles. The fraction of sp³-hybridized carbons (Fsp3) is 0.895. The number of urea groups is 2. The fourth-order valence-corrected chi connectivity index (χ4v) is 4.05. The lowest BCUT2D eigenvalue weighted by molar-refractivity contribution is 0.187. The molecule has 0 saturated heterocycles. The number of carbonyl (C=O) groups is 2. The van der Waals surface area contributed by atoms with E-state index in [4.69, 9.17) is 0 Å². The van der Waals surface area contributed by atoms with Gasteiger partial charge in [-0.25, -0.2) is 9.59 Å². The highest BCUT2D eigenvalue weighted by Crippen LogP contribution is 2.18. The summed E-state index contributed by atoms with van der Waals surface area (Å²) < 4.78 is 0. The van der Waals surface area contributed by atoms with E-state index in [0.717, 1.165) is 61.4 Å². The molecule has 2 aliphatic rings. The van der Waals surface area contributed by atoms with Gasteiger partial charge in [0.2, 0.25) is 0 Å². The summed E-state index contributed by atoms with van der Waals surface area (Å²) in [5.74, 6) is 0. The lowest BCUT2D eigenvalue weighted by Gasteiger charge is -2.25. The molecule has 0 aromatic carbocycles. The summed E-state index contributed by atoms with van der Waals surface area (Å²) >= 11 is 0. The lowest BCUT2D eigenvalue weighted by atomic mass is 9.96. The molecule has 0 unspecified atom stereocenters. The molecule has 0 atom stereocenters. The molecule has 10 heteroatoms. The van der Waals surface area contributed by atoms with E-state index in [-0.39, 0.29) is 25.2 Å². The molecule has 0 aliphatic heterocycles. The number of nitrogens with zero attached hydrogens (tertiary/aromatic N) is 4. The summed E-state index contributed by atoms with van der Waals surface area (Å²) in [6.07, 6.45) is 12.3. The van der Waals surface area contributed by atoms with Crippen molar-refractivity contribution in [2.24, 2.45) is 10.6 Å². The first-order chi connectivity index (χ1) is 14.1. The normalized spacial score (nSPS) is 17.9. The van der Waals surface area contributed by atoms with Crippen LogP contribution >= 0.6 is 0 Å². The molecule has 10 nitrogen and oxygen atoms in total. The average Bonchev–Trinajstić information content (AvgIpc) is 2.74. The highest BCUT2D eigenvalue weighted by Gasteiger charge is 2.22. The fourth-order valence-electron chi connectivity index (χ4n) is 4.05. The van der Waals surface area contributed by atoms with Crippen LogP contribution in [-0.4, -0.2) is 47.3 Å². The molecule has 2 saturated carbocycles. The van der Waals surface area contributed by atoms with E-state index in [1.165, 1.54) is 12.8 Å². The number of hydrogen-bond donors (Lipinski definition) is 2. The van der Waals surface area contributed by atoms with E-state index in [9.17, 15) is 19.4 Å². The maximum atomic E-state index is 12.1. The molecule has 0 heterocycles.